The van der Waals surface area contributed by atoms with E-state index in [-0.39, 0.29) is 11.9 Å². The van der Waals surface area contributed by atoms with Crippen LogP contribution in [0.5, 0.6) is 0 Å². The van der Waals surface area contributed by atoms with Crippen LogP contribution in [0.15, 0.2) is 0 Å². The van der Waals surface area contributed by atoms with E-state index in [2.05, 4.69) is 19.9 Å². The normalized spacial score (nSPS) is 17.4. The Morgan fingerprint density at radius 2 is 1.56 bits per heavy atom. The SMILES string of the molecule is CNC(=O)CCN1CCN(CCC(=O)OC)CC1. The van der Waals surface area contributed by atoms with Gasteiger partial charge in [-0.25, -0.2) is 0 Å². The summed E-state index contributed by atoms with van der Waals surface area (Å²) in [5.41, 5.74) is 0. The van der Waals surface area contributed by atoms with Gasteiger partial charge in [0.2, 0.25) is 5.91 Å². The highest BCUT2D eigenvalue weighted by Crippen LogP contribution is 2.03. The third-order valence-corrected chi connectivity index (χ3v) is 3.26. The standard InChI is InChI=1S/C12H23N3O3/c1-13-11(16)3-5-14-7-9-15(10-8-14)6-4-12(17)18-2/h3-10H2,1-2H3,(H,13,16). The number of carbonyl (C=O) groups is 2. The lowest BCUT2D eigenvalue weighted by Gasteiger charge is -2.34. The Bertz CT molecular complexity index is 248. The van der Waals surface area contributed by atoms with Crippen LogP contribution in [-0.4, -0.2) is 75.1 Å². The third-order valence-electron chi connectivity index (χ3n) is 3.26. The number of carbonyl (C=O) groups excluding carboxylic acids is 2. The van der Waals surface area contributed by atoms with E-state index >= 15 is 0 Å². The maximum Gasteiger partial charge on any atom is 0.306 e. The molecule has 0 aromatic heterocycles. The molecule has 104 valence electrons. The quantitative estimate of drug-likeness (QED) is 0.638. The number of esters is 1. The predicted octanol–water partition coefficient (Wildman–Crippen LogP) is -0.697. The Hall–Kier alpha value is -1.14. The molecule has 1 fully saturated rings. The minimum Gasteiger partial charge on any atom is -0.469 e. The maximum atomic E-state index is 11.1. The minimum absolute atomic E-state index is 0.0862. The molecule has 1 aliphatic heterocycles. The number of amides is 1. The lowest BCUT2D eigenvalue weighted by molar-refractivity contribution is -0.141. The summed E-state index contributed by atoms with van der Waals surface area (Å²) >= 11 is 0. The summed E-state index contributed by atoms with van der Waals surface area (Å²) in [7, 11) is 3.08. The van der Waals surface area contributed by atoms with Crippen LogP contribution in [0.4, 0.5) is 0 Å². The van der Waals surface area contributed by atoms with E-state index < -0.39 is 0 Å². The molecule has 0 aromatic rings. The number of piperazine rings is 1. The van der Waals surface area contributed by atoms with Gasteiger partial charge in [-0.05, 0) is 0 Å². The molecular weight excluding hydrogens is 234 g/mol. The first kappa shape index (κ1) is 14.9. The fourth-order valence-corrected chi connectivity index (χ4v) is 1.97. The number of nitrogens with zero attached hydrogens (tertiary/aromatic N) is 2. The Morgan fingerprint density at radius 1 is 1.06 bits per heavy atom. The molecule has 0 aliphatic carbocycles. The molecule has 1 saturated heterocycles. The van der Waals surface area contributed by atoms with Gasteiger partial charge in [0, 0.05) is 52.7 Å². The molecule has 6 heteroatoms. The molecule has 1 rings (SSSR count). The average Bonchev–Trinajstić information content (AvgIpc) is 2.43. The summed E-state index contributed by atoms with van der Waals surface area (Å²) in [5, 5.41) is 2.63. The van der Waals surface area contributed by atoms with Crippen molar-refractivity contribution in [2.75, 3.05) is 53.4 Å². The van der Waals surface area contributed by atoms with Crippen molar-refractivity contribution in [2.24, 2.45) is 0 Å². The van der Waals surface area contributed by atoms with Gasteiger partial charge in [0.25, 0.3) is 0 Å². The van der Waals surface area contributed by atoms with Gasteiger partial charge in [0.15, 0.2) is 0 Å². The maximum absolute atomic E-state index is 11.1. The monoisotopic (exact) mass is 257 g/mol. The Kier molecular flexibility index (Phi) is 6.67. The zero-order chi connectivity index (χ0) is 13.4. The number of nitrogens with one attached hydrogen (secondary N) is 1. The summed E-state index contributed by atoms with van der Waals surface area (Å²) < 4.78 is 4.62. The van der Waals surface area contributed by atoms with E-state index in [1.165, 1.54) is 7.11 Å². The van der Waals surface area contributed by atoms with Crippen molar-refractivity contribution in [2.45, 2.75) is 12.8 Å². The smallest absolute Gasteiger partial charge is 0.306 e. The highest BCUT2D eigenvalue weighted by molar-refractivity contribution is 5.75. The topological polar surface area (TPSA) is 61.9 Å². The van der Waals surface area contributed by atoms with E-state index in [1.807, 2.05) is 0 Å². The summed E-state index contributed by atoms with van der Waals surface area (Å²) in [6, 6.07) is 0. The molecule has 0 atom stereocenters. The molecule has 1 heterocycles. The molecule has 0 aromatic carbocycles. The Morgan fingerprint density at radius 3 is 2.00 bits per heavy atom. The fraction of sp³-hybridized carbons (Fsp3) is 0.833. The molecule has 1 aliphatic rings. The van der Waals surface area contributed by atoms with Crippen molar-refractivity contribution in [1.29, 1.82) is 0 Å². The number of rotatable bonds is 6. The van der Waals surface area contributed by atoms with Gasteiger partial charge in [-0.2, -0.15) is 0 Å². The van der Waals surface area contributed by atoms with Gasteiger partial charge in [-0.3, -0.25) is 9.59 Å². The highest BCUT2D eigenvalue weighted by Gasteiger charge is 2.17. The molecular formula is C12H23N3O3. The summed E-state index contributed by atoms with van der Waals surface area (Å²) in [5.74, 6) is -0.0693. The van der Waals surface area contributed by atoms with Crippen molar-refractivity contribution >= 4 is 11.9 Å². The molecule has 0 unspecified atom stereocenters. The highest BCUT2D eigenvalue weighted by atomic mass is 16.5. The summed E-state index contributed by atoms with van der Waals surface area (Å²) in [4.78, 5) is 26.7. The van der Waals surface area contributed by atoms with E-state index in [4.69, 9.17) is 0 Å². The third kappa shape index (κ3) is 5.46. The number of hydrogen-bond acceptors (Lipinski definition) is 5. The molecule has 6 nitrogen and oxygen atoms in total. The van der Waals surface area contributed by atoms with E-state index in [0.717, 1.165) is 39.3 Å². The lowest BCUT2D eigenvalue weighted by atomic mass is 10.2. The van der Waals surface area contributed by atoms with Crippen LogP contribution in [-0.2, 0) is 14.3 Å². The van der Waals surface area contributed by atoms with Crippen molar-refractivity contribution in [3.05, 3.63) is 0 Å². The second-order valence-electron chi connectivity index (χ2n) is 4.43. The number of hydrogen-bond donors (Lipinski definition) is 1. The predicted molar refractivity (Wildman–Crippen MR) is 68.2 cm³/mol. The van der Waals surface area contributed by atoms with Crippen LogP contribution in [0.25, 0.3) is 0 Å². The van der Waals surface area contributed by atoms with Gasteiger partial charge < -0.3 is 19.9 Å². The zero-order valence-corrected chi connectivity index (χ0v) is 11.3. The van der Waals surface area contributed by atoms with Gasteiger partial charge in [0.05, 0.1) is 13.5 Å². The largest absolute Gasteiger partial charge is 0.469 e. The first-order chi connectivity index (χ1) is 8.65. The van der Waals surface area contributed by atoms with Crippen molar-refractivity contribution in [1.82, 2.24) is 15.1 Å². The van der Waals surface area contributed by atoms with Gasteiger partial charge in [-0.15, -0.1) is 0 Å². The first-order valence-electron chi connectivity index (χ1n) is 6.38. The molecule has 0 bridgehead atoms. The molecule has 0 radical (unpaired) electrons. The van der Waals surface area contributed by atoms with Crippen LogP contribution >= 0.6 is 0 Å². The van der Waals surface area contributed by atoms with Gasteiger partial charge in [-0.1, -0.05) is 0 Å². The van der Waals surface area contributed by atoms with Crippen molar-refractivity contribution in [3.63, 3.8) is 0 Å². The molecule has 1 N–H and O–H groups in total. The van der Waals surface area contributed by atoms with Crippen molar-refractivity contribution in [3.8, 4) is 0 Å². The second-order valence-corrected chi connectivity index (χ2v) is 4.43. The molecule has 1 amide bonds. The fourth-order valence-electron chi connectivity index (χ4n) is 1.97. The second kappa shape index (κ2) is 8.05. The van der Waals surface area contributed by atoms with Crippen LogP contribution < -0.4 is 5.32 Å². The van der Waals surface area contributed by atoms with E-state index in [0.29, 0.717) is 12.8 Å². The first-order valence-corrected chi connectivity index (χ1v) is 6.38. The molecule has 0 saturated carbocycles. The van der Waals surface area contributed by atoms with E-state index in [9.17, 15) is 9.59 Å². The average molecular weight is 257 g/mol. The van der Waals surface area contributed by atoms with E-state index in [1.54, 1.807) is 7.05 Å². The Labute approximate surface area is 108 Å². The van der Waals surface area contributed by atoms with Crippen LogP contribution in [0.2, 0.25) is 0 Å². The summed E-state index contributed by atoms with van der Waals surface area (Å²) in [6.45, 7) is 5.38. The van der Waals surface area contributed by atoms with Crippen LogP contribution in [0.3, 0.4) is 0 Å². The zero-order valence-electron chi connectivity index (χ0n) is 11.3. The minimum atomic E-state index is -0.156. The van der Waals surface area contributed by atoms with Crippen LogP contribution in [0.1, 0.15) is 12.8 Å². The Balaban J connectivity index is 2.12. The molecule has 0 spiro atoms. The summed E-state index contributed by atoms with van der Waals surface area (Å²) in [6.07, 6.45) is 1.01. The van der Waals surface area contributed by atoms with Gasteiger partial charge >= 0.3 is 5.97 Å². The van der Waals surface area contributed by atoms with Crippen molar-refractivity contribution < 1.29 is 14.3 Å². The number of methoxy groups -OCH3 is 1. The number of ether oxygens (including phenoxy) is 1. The molecule has 18 heavy (non-hydrogen) atoms. The van der Waals surface area contributed by atoms with Crippen LogP contribution in [0, 0.1) is 0 Å². The lowest BCUT2D eigenvalue weighted by Crippen LogP contribution is -2.47. The van der Waals surface area contributed by atoms with Gasteiger partial charge in [0.1, 0.15) is 0 Å².